The second-order valence-electron chi connectivity index (χ2n) is 9.12. The molecule has 1 saturated heterocycles. The Hall–Kier alpha value is -2.38. The van der Waals surface area contributed by atoms with Gasteiger partial charge in [-0.15, -0.1) is 0 Å². The SMILES string of the molecule is CCS(=O)(=O)c1ccc(Cl)cc1Cn1c(=O)[nH]c2c(Cl)c(CN3CCC[C@@H]3CN)c(C(F)(F)F)cc2c1=O. The van der Waals surface area contributed by atoms with Crippen LogP contribution in [0.15, 0.2) is 38.8 Å². The molecule has 38 heavy (non-hydrogen) atoms. The molecule has 2 aromatic carbocycles. The fraction of sp³-hybridized carbons (Fsp3) is 0.417. The van der Waals surface area contributed by atoms with E-state index in [2.05, 4.69) is 4.98 Å². The molecule has 0 amide bonds. The number of nitrogens with one attached hydrogen (secondary N) is 1. The number of hydrogen-bond donors (Lipinski definition) is 2. The van der Waals surface area contributed by atoms with Gasteiger partial charge in [0.2, 0.25) is 0 Å². The van der Waals surface area contributed by atoms with Crippen molar-refractivity contribution in [1.29, 1.82) is 0 Å². The third-order valence-electron chi connectivity index (χ3n) is 6.82. The van der Waals surface area contributed by atoms with Crippen molar-refractivity contribution in [3.05, 3.63) is 71.8 Å². The molecule has 0 aliphatic carbocycles. The van der Waals surface area contributed by atoms with E-state index in [0.717, 1.165) is 12.8 Å². The van der Waals surface area contributed by atoms with Gasteiger partial charge in [0, 0.05) is 24.2 Å². The summed E-state index contributed by atoms with van der Waals surface area (Å²) in [5, 5.41) is -0.676. The lowest BCUT2D eigenvalue weighted by Gasteiger charge is -2.26. The summed E-state index contributed by atoms with van der Waals surface area (Å²) in [5.41, 5.74) is 2.23. The number of nitrogens with two attached hydrogens (primary N) is 1. The highest BCUT2D eigenvalue weighted by Gasteiger charge is 2.37. The molecule has 2 heterocycles. The van der Waals surface area contributed by atoms with Gasteiger partial charge >= 0.3 is 11.9 Å². The molecule has 206 valence electrons. The molecule has 1 atom stereocenters. The van der Waals surface area contributed by atoms with Crippen LogP contribution in [0.1, 0.15) is 36.5 Å². The van der Waals surface area contributed by atoms with Crippen molar-refractivity contribution >= 4 is 43.9 Å². The van der Waals surface area contributed by atoms with Crippen LogP contribution in [-0.4, -0.2) is 47.8 Å². The van der Waals surface area contributed by atoms with Crippen LogP contribution in [0.4, 0.5) is 13.2 Å². The van der Waals surface area contributed by atoms with E-state index in [4.69, 9.17) is 28.9 Å². The van der Waals surface area contributed by atoms with Crippen molar-refractivity contribution < 1.29 is 21.6 Å². The number of H-pyrrole nitrogens is 1. The Morgan fingerprint density at radius 3 is 2.50 bits per heavy atom. The summed E-state index contributed by atoms with van der Waals surface area (Å²) < 4.78 is 68.3. The van der Waals surface area contributed by atoms with Crippen LogP contribution >= 0.6 is 23.2 Å². The Labute approximate surface area is 226 Å². The number of halogens is 5. The van der Waals surface area contributed by atoms with Crippen LogP contribution in [0.25, 0.3) is 10.9 Å². The standard InChI is InChI=1S/C24H25Cl2F3N4O4S/c1-2-38(36,37)19-6-5-14(25)8-13(19)11-33-22(34)16-9-18(24(27,28)29)17(20(26)21(16)31-23(33)35)12-32-7-3-4-15(32)10-30/h5-6,8-9,15H,2-4,7,10-12,30H2,1H3,(H,31,35)/t15-/m1/s1. The highest BCUT2D eigenvalue weighted by molar-refractivity contribution is 7.91. The molecule has 0 saturated carbocycles. The van der Waals surface area contributed by atoms with Crippen molar-refractivity contribution in [3.63, 3.8) is 0 Å². The Kier molecular flexibility index (Phi) is 8.02. The summed E-state index contributed by atoms with van der Waals surface area (Å²) in [4.78, 5) is 30.4. The maximum atomic E-state index is 14.2. The lowest BCUT2D eigenvalue weighted by Crippen LogP contribution is -2.37. The van der Waals surface area contributed by atoms with E-state index in [-0.39, 0.29) is 56.5 Å². The number of benzene rings is 2. The van der Waals surface area contributed by atoms with Crippen molar-refractivity contribution in [1.82, 2.24) is 14.5 Å². The van der Waals surface area contributed by atoms with Gasteiger partial charge in [-0.25, -0.2) is 13.2 Å². The maximum absolute atomic E-state index is 14.2. The van der Waals surface area contributed by atoms with Crippen molar-refractivity contribution in [3.8, 4) is 0 Å². The van der Waals surface area contributed by atoms with E-state index < -0.39 is 44.8 Å². The van der Waals surface area contributed by atoms with Crippen molar-refractivity contribution in [2.24, 2.45) is 5.73 Å². The van der Waals surface area contributed by atoms with Crippen LogP contribution in [0, 0.1) is 0 Å². The Morgan fingerprint density at radius 2 is 1.87 bits per heavy atom. The van der Waals surface area contributed by atoms with E-state index in [9.17, 15) is 31.2 Å². The first kappa shape index (κ1) is 28.6. The van der Waals surface area contributed by atoms with Crippen molar-refractivity contribution in [2.45, 2.75) is 50.0 Å². The average Bonchev–Trinajstić information content (AvgIpc) is 3.30. The number of fused-ring (bicyclic) bond motifs is 1. The first-order valence-corrected chi connectivity index (χ1v) is 14.2. The molecule has 1 aromatic heterocycles. The third kappa shape index (κ3) is 5.37. The van der Waals surface area contributed by atoms with Crippen LogP contribution < -0.4 is 17.0 Å². The number of aromatic nitrogens is 2. The minimum atomic E-state index is -4.84. The summed E-state index contributed by atoms with van der Waals surface area (Å²) in [6.45, 7) is 1.55. The second-order valence-corrected chi connectivity index (χ2v) is 12.2. The smallest absolute Gasteiger partial charge is 0.329 e. The van der Waals surface area contributed by atoms with Crippen LogP contribution in [-0.2, 0) is 29.1 Å². The molecule has 1 fully saturated rings. The molecular weight excluding hydrogens is 568 g/mol. The van der Waals surface area contributed by atoms with Gasteiger partial charge in [0.15, 0.2) is 9.84 Å². The molecule has 8 nitrogen and oxygen atoms in total. The molecule has 4 rings (SSSR count). The zero-order chi connectivity index (χ0) is 28.0. The molecule has 1 aliphatic heterocycles. The van der Waals surface area contributed by atoms with Gasteiger partial charge in [-0.2, -0.15) is 13.2 Å². The fourth-order valence-corrected chi connectivity index (χ4v) is 6.43. The highest BCUT2D eigenvalue weighted by Crippen LogP contribution is 2.39. The van der Waals surface area contributed by atoms with Gasteiger partial charge in [0.05, 0.1) is 38.7 Å². The van der Waals surface area contributed by atoms with E-state index in [1.165, 1.54) is 25.1 Å². The number of sulfone groups is 1. The van der Waals surface area contributed by atoms with Crippen molar-refractivity contribution in [2.75, 3.05) is 18.8 Å². The highest BCUT2D eigenvalue weighted by atomic mass is 35.5. The molecule has 0 radical (unpaired) electrons. The number of hydrogen-bond acceptors (Lipinski definition) is 6. The van der Waals surface area contributed by atoms with Crippen LogP contribution in [0.3, 0.4) is 0 Å². The first-order chi connectivity index (χ1) is 17.8. The average molecular weight is 593 g/mol. The zero-order valence-electron chi connectivity index (χ0n) is 20.2. The number of likely N-dealkylation sites (tertiary alicyclic amines) is 1. The van der Waals surface area contributed by atoms with Gasteiger partial charge in [-0.1, -0.05) is 30.1 Å². The normalized spacial score (nSPS) is 17.0. The Balaban J connectivity index is 1.91. The molecular formula is C24H25Cl2F3N4O4S. The molecule has 0 unspecified atom stereocenters. The van der Waals surface area contributed by atoms with E-state index >= 15 is 0 Å². The first-order valence-electron chi connectivity index (χ1n) is 11.8. The zero-order valence-corrected chi connectivity index (χ0v) is 22.6. The molecule has 0 bridgehead atoms. The van der Waals surface area contributed by atoms with Gasteiger partial charge in [-0.05, 0) is 54.8 Å². The summed E-state index contributed by atoms with van der Waals surface area (Å²) in [6, 6.07) is 4.48. The molecule has 1 aliphatic rings. The molecule has 14 heteroatoms. The fourth-order valence-electron chi connectivity index (χ4n) is 4.82. The third-order valence-corrected chi connectivity index (χ3v) is 9.30. The van der Waals surface area contributed by atoms with Gasteiger partial charge < -0.3 is 10.7 Å². The second kappa shape index (κ2) is 10.6. The lowest BCUT2D eigenvalue weighted by atomic mass is 10.0. The predicted molar refractivity (Wildman–Crippen MR) is 140 cm³/mol. The van der Waals surface area contributed by atoms with Crippen LogP contribution in [0.2, 0.25) is 10.0 Å². The lowest BCUT2D eigenvalue weighted by molar-refractivity contribution is -0.138. The summed E-state index contributed by atoms with van der Waals surface area (Å²) in [7, 11) is -3.76. The monoisotopic (exact) mass is 592 g/mol. The van der Waals surface area contributed by atoms with Gasteiger partial charge in [-0.3, -0.25) is 14.3 Å². The minimum absolute atomic E-state index is 0.0481. The quantitative estimate of drug-likeness (QED) is 0.431. The predicted octanol–water partition coefficient (Wildman–Crippen LogP) is 3.78. The largest absolute Gasteiger partial charge is 0.416 e. The molecule has 0 spiro atoms. The van der Waals surface area contributed by atoms with E-state index in [1.807, 2.05) is 0 Å². The van der Waals surface area contributed by atoms with Crippen LogP contribution in [0.5, 0.6) is 0 Å². The summed E-state index contributed by atoms with van der Waals surface area (Å²) in [6.07, 6.45) is -3.33. The molecule has 3 N–H and O–H groups in total. The van der Waals surface area contributed by atoms with E-state index in [0.29, 0.717) is 17.2 Å². The molecule has 3 aromatic rings. The number of rotatable bonds is 7. The van der Waals surface area contributed by atoms with Gasteiger partial charge in [0.1, 0.15) is 0 Å². The number of aromatic amines is 1. The Morgan fingerprint density at radius 1 is 1.16 bits per heavy atom. The number of alkyl halides is 3. The minimum Gasteiger partial charge on any atom is -0.329 e. The summed E-state index contributed by atoms with van der Waals surface area (Å²) in [5.74, 6) is -0.250. The number of nitrogens with zero attached hydrogens (tertiary/aromatic N) is 2. The summed E-state index contributed by atoms with van der Waals surface area (Å²) >= 11 is 12.5. The Bertz CT molecular complexity index is 1620. The van der Waals surface area contributed by atoms with Gasteiger partial charge in [0.25, 0.3) is 5.56 Å². The maximum Gasteiger partial charge on any atom is 0.416 e. The van der Waals surface area contributed by atoms with E-state index in [1.54, 1.807) is 4.90 Å². The topological polar surface area (TPSA) is 118 Å².